The smallest absolute Gasteiger partial charge is 0.386 e. The van der Waals surface area contributed by atoms with Gasteiger partial charge in [-0.2, -0.15) is 0 Å². The van der Waals surface area contributed by atoms with E-state index in [0.29, 0.717) is 13.1 Å². The molecule has 1 heterocycles. The molecule has 0 aromatic carbocycles. The molecule has 0 radical (unpaired) electrons. The Kier molecular flexibility index (Phi) is 4.08. The summed E-state index contributed by atoms with van der Waals surface area (Å²) in [5.41, 5.74) is 0. The van der Waals surface area contributed by atoms with Crippen LogP contribution < -0.4 is 10.4 Å². The van der Waals surface area contributed by atoms with Crippen molar-refractivity contribution in [2.75, 3.05) is 20.1 Å². The van der Waals surface area contributed by atoms with Gasteiger partial charge < -0.3 is 14.4 Å². The summed E-state index contributed by atoms with van der Waals surface area (Å²) in [4.78, 5) is 21.5. The molecule has 0 aromatic heterocycles. The summed E-state index contributed by atoms with van der Waals surface area (Å²) in [6, 6.07) is 0. The van der Waals surface area contributed by atoms with Gasteiger partial charge in [-0.15, -0.1) is 0 Å². The number of likely N-dealkylation sites (N-methyl/N-ethyl adjacent to an activating group) is 1. The average molecular weight is 206 g/mol. The molecule has 2 N–H and O–H groups in total. The van der Waals surface area contributed by atoms with Gasteiger partial charge in [0.2, 0.25) is 0 Å². The molecule has 0 aliphatic carbocycles. The second-order valence-electron chi connectivity index (χ2n) is 2.37. The van der Waals surface area contributed by atoms with E-state index in [-0.39, 0.29) is 6.42 Å². The monoisotopic (exact) mass is 206 g/mol. The lowest BCUT2D eigenvalue weighted by atomic mass is 10.5. The van der Waals surface area contributed by atoms with Gasteiger partial charge in [-0.3, -0.25) is 9.59 Å². The van der Waals surface area contributed by atoms with Crippen molar-refractivity contribution in [2.24, 2.45) is 0 Å². The molecule has 0 aromatic rings. The Morgan fingerprint density at radius 2 is 1.92 bits per heavy atom. The van der Waals surface area contributed by atoms with Gasteiger partial charge in [-0.1, -0.05) is 0 Å². The highest BCUT2D eigenvalue weighted by Gasteiger charge is 2.29. The van der Waals surface area contributed by atoms with Crippen molar-refractivity contribution >= 4 is 20.5 Å². The number of hydrogen-bond donors (Lipinski definition) is 2. The van der Waals surface area contributed by atoms with Crippen LogP contribution in [0.1, 0.15) is 6.42 Å². The molecule has 7 heteroatoms. The molecule has 1 aliphatic rings. The number of carbonyl (C=O) groups is 2. The van der Waals surface area contributed by atoms with Crippen molar-refractivity contribution in [3.63, 3.8) is 0 Å². The van der Waals surface area contributed by atoms with E-state index in [1.54, 1.807) is 7.05 Å². The summed E-state index contributed by atoms with van der Waals surface area (Å²) >= 11 is 0. The minimum absolute atomic E-state index is 0.285. The zero-order chi connectivity index (χ0) is 9.68. The molecule has 74 valence electrons. The summed E-state index contributed by atoms with van der Waals surface area (Å²) in [6.07, 6.45) is -0.285. The molecule has 1 aliphatic heterocycles. The SMILES string of the molecule is CNCCNP1OC(=O)CC(=O)O1. The van der Waals surface area contributed by atoms with Crippen LogP contribution in [0.3, 0.4) is 0 Å². The second-order valence-corrected chi connectivity index (χ2v) is 3.57. The number of nitrogens with one attached hydrogen (secondary N) is 2. The summed E-state index contributed by atoms with van der Waals surface area (Å²) in [5.74, 6) is -1.06. The zero-order valence-corrected chi connectivity index (χ0v) is 8.10. The highest BCUT2D eigenvalue weighted by molar-refractivity contribution is 7.46. The maximum atomic E-state index is 10.8. The first kappa shape index (κ1) is 10.4. The standard InChI is InChI=1S/C6H11N2O4P/c1-7-2-3-8-13-11-5(9)4-6(10)12-13/h7-8H,2-4H2,1H3. The summed E-state index contributed by atoms with van der Waals surface area (Å²) in [5, 5.41) is 5.70. The molecule has 1 fully saturated rings. The van der Waals surface area contributed by atoms with E-state index in [4.69, 9.17) is 9.05 Å². The number of rotatable bonds is 4. The minimum atomic E-state index is -1.55. The van der Waals surface area contributed by atoms with E-state index in [1.165, 1.54) is 0 Å². The lowest BCUT2D eigenvalue weighted by Crippen LogP contribution is -2.27. The Hall–Kier alpha value is -0.710. The maximum absolute atomic E-state index is 10.8. The van der Waals surface area contributed by atoms with Crippen LogP contribution in [0.5, 0.6) is 0 Å². The topological polar surface area (TPSA) is 76.7 Å². The molecule has 0 atom stereocenters. The van der Waals surface area contributed by atoms with E-state index in [9.17, 15) is 9.59 Å². The van der Waals surface area contributed by atoms with Crippen LogP contribution in [0.15, 0.2) is 0 Å². The van der Waals surface area contributed by atoms with Gasteiger partial charge in [0.25, 0.3) is 0 Å². The summed E-state index contributed by atoms with van der Waals surface area (Å²) < 4.78 is 9.49. The largest absolute Gasteiger partial charge is 0.394 e. The van der Waals surface area contributed by atoms with E-state index >= 15 is 0 Å². The van der Waals surface area contributed by atoms with Gasteiger partial charge in [0.15, 0.2) is 0 Å². The van der Waals surface area contributed by atoms with Crippen molar-refractivity contribution in [1.82, 2.24) is 10.4 Å². The van der Waals surface area contributed by atoms with E-state index < -0.39 is 20.5 Å². The van der Waals surface area contributed by atoms with Crippen LogP contribution in [0.2, 0.25) is 0 Å². The van der Waals surface area contributed by atoms with E-state index in [1.807, 2.05) is 0 Å². The van der Waals surface area contributed by atoms with Crippen molar-refractivity contribution in [3.8, 4) is 0 Å². The van der Waals surface area contributed by atoms with E-state index in [0.717, 1.165) is 0 Å². The summed E-state index contributed by atoms with van der Waals surface area (Å²) in [6.45, 7) is 1.30. The molecule has 0 saturated carbocycles. The van der Waals surface area contributed by atoms with Crippen LogP contribution in [0, 0.1) is 0 Å². The van der Waals surface area contributed by atoms with Gasteiger partial charge in [0, 0.05) is 13.1 Å². The minimum Gasteiger partial charge on any atom is -0.394 e. The fourth-order valence-electron chi connectivity index (χ4n) is 0.723. The molecule has 0 unspecified atom stereocenters. The summed E-state index contributed by atoms with van der Waals surface area (Å²) in [7, 11) is 0.248. The fourth-order valence-corrected chi connectivity index (χ4v) is 1.68. The maximum Gasteiger partial charge on any atom is 0.386 e. The fraction of sp³-hybridized carbons (Fsp3) is 0.667. The quantitative estimate of drug-likeness (QED) is 0.367. The van der Waals surface area contributed by atoms with Crippen molar-refractivity contribution in [3.05, 3.63) is 0 Å². The number of carbonyl (C=O) groups excluding carboxylic acids is 2. The molecule has 13 heavy (non-hydrogen) atoms. The predicted octanol–water partition coefficient (Wildman–Crippen LogP) is -0.488. The van der Waals surface area contributed by atoms with Crippen LogP contribution in [-0.4, -0.2) is 32.1 Å². The van der Waals surface area contributed by atoms with Crippen molar-refractivity contribution in [2.45, 2.75) is 6.42 Å². The third-order valence-corrected chi connectivity index (χ3v) is 2.49. The Bertz CT molecular complexity index is 195. The van der Waals surface area contributed by atoms with Crippen LogP contribution in [0.25, 0.3) is 0 Å². The van der Waals surface area contributed by atoms with Crippen molar-refractivity contribution in [1.29, 1.82) is 0 Å². The lowest BCUT2D eigenvalue weighted by Gasteiger charge is -2.20. The predicted molar refractivity (Wildman–Crippen MR) is 45.7 cm³/mol. The Morgan fingerprint density at radius 1 is 1.31 bits per heavy atom. The molecule has 0 spiro atoms. The average Bonchev–Trinajstić information content (AvgIpc) is 2.03. The van der Waals surface area contributed by atoms with Crippen molar-refractivity contribution < 1.29 is 18.6 Å². The first-order chi connectivity index (χ1) is 6.22. The first-order valence-corrected chi connectivity index (χ1v) is 5.00. The van der Waals surface area contributed by atoms with Gasteiger partial charge in [-0.25, -0.2) is 5.09 Å². The molecule has 0 amide bonds. The highest BCUT2D eigenvalue weighted by Crippen LogP contribution is 2.37. The molecular formula is C6H11N2O4P. The Morgan fingerprint density at radius 3 is 2.46 bits per heavy atom. The van der Waals surface area contributed by atoms with Gasteiger partial charge in [0.05, 0.1) is 0 Å². The second kappa shape index (κ2) is 5.11. The van der Waals surface area contributed by atoms with Crippen LogP contribution in [-0.2, 0) is 18.6 Å². The third-order valence-electron chi connectivity index (χ3n) is 1.27. The third kappa shape index (κ3) is 3.67. The van der Waals surface area contributed by atoms with E-state index in [2.05, 4.69) is 10.4 Å². The zero-order valence-electron chi connectivity index (χ0n) is 7.20. The van der Waals surface area contributed by atoms with Gasteiger partial charge >= 0.3 is 20.5 Å². The molecule has 6 nitrogen and oxygen atoms in total. The number of hydrogen-bond acceptors (Lipinski definition) is 6. The Labute approximate surface area is 76.9 Å². The van der Waals surface area contributed by atoms with Gasteiger partial charge in [0.1, 0.15) is 6.42 Å². The molecule has 1 saturated heterocycles. The van der Waals surface area contributed by atoms with Crippen LogP contribution >= 0.6 is 8.53 Å². The first-order valence-electron chi connectivity index (χ1n) is 3.82. The normalized spacial score (nSPS) is 18.2. The van der Waals surface area contributed by atoms with Gasteiger partial charge in [-0.05, 0) is 7.05 Å². The highest BCUT2D eigenvalue weighted by atomic mass is 31.2. The Balaban J connectivity index is 2.25. The lowest BCUT2D eigenvalue weighted by molar-refractivity contribution is -0.149. The van der Waals surface area contributed by atoms with Crippen LogP contribution in [0.4, 0.5) is 0 Å². The molecule has 1 rings (SSSR count). The molecular weight excluding hydrogens is 195 g/mol. The molecule has 0 bridgehead atoms.